The fraction of sp³-hybridized carbons (Fsp3) is 0.636. The van der Waals surface area contributed by atoms with E-state index >= 15 is 0 Å². The number of hydrogen-bond donors (Lipinski definition) is 1. The van der Waals surface area contributed by atoms with E-state index in [9.17, 15) is 4.79 Å². The highest BCUT2D eigenvalue weighted by Crippen LogP contribution is 2.22. The van der Waals surface area contributed by atoms with Crippen molar-refractivity contribution in [3.63, 3.8) is 0 Å². The second kappa shape index (κ2) is 4.94. The zero-order valence-electron chi connectivity index (χ0n) is 9.13. The van der Waals surface area contributed by atoms with Gasteiger partial charge in [-0.3, -0.25) is 4.79 Å². The van der Waals surface area contributed by atoms with E-state index in [2.05, 4.69) is 31.0 Å². The molecule has 0 bridgehead atoms. The van der Waals surface area contributed by atoms with Crippen LogP contribution >= 0.6 is 0 Å². The van der Waals surface area contributed by atoms with Gasteiger partial charge in [0.1, 0.15) is 0 Å². The Morgan fingerprint density at radius 1 is 1.36 bits per heavy atom. The van der Waals surface area contributed by atoms with E-state index in [-0.39, 0.29) is 5.56 Å². The van der Waals surface area contributed by atoms with Crippen molar-refractivity contribution < 1.29 is 0 Å². The summed E-state index contributed by atoms with van der Waals surface area (Å²) >= 11 is 0. The molecule has 14 heavy (non-hydrogen) atoms. The molecule has 3 heteroatoms. The summed E-state index contributed by atoms with van der Waals surface area (Å²) in [6.45, 7) is 6.36. The maximum Gasteiger partial charge on any atom is 0.264 e. The van der Waals surface area contributed by atoms with Gasteiger partial charge >= 0.3 is 0 Å². The lowest BCUT2D eigenvalue weighted by molar-refractivity contribution is 0.602. The summed E-state index contributed by atoms with van der Waals surface area (Å²) in [7, 11) is 0. The lowest BCUT2D eigenvalue weighted by Gasteiger charge is -2.14. The average Bonchev–Trinajstić information content (AvgIpc) is 2.21. The van der Waals surface area contributed by atoms with Crippen LogP contribution in [0.2, 0.25) is 0 Å². The van der Waals surface area contributed by atoms with Gasteiger partial charge in [0.25, 0.3) is 5.56 Å². The summed E-state index contributed by atoms with van der Waals surface area (Å²) in [5.41, 5.74) is 2.05. The van der Waals surface area contributed by atoms with E-state index in [4.69, 9.17) is 0 Å². The number of rotatable bonds is 4. The zero-order chi connectivity index (χ0) is 10.6. The smallest absolute Gasteiger partial charge is 0.264 e. The van der Waals surface area contributed by atoms with Gasteiger partial charge in [-0.1, -0.05) is 20.8 Å². The van der Waals surface area contributed by atoms with Crippen molar-refractivity contribution >= 4 is 0 Å². The Kier molecular flexibility index (Phi) is 3.86. The molecule has 78 valence electrons. The number of nitrogens with one attached hydrogen (secondary N) is 1. The molecule has 0 saturated carbocycles. The summed E-state index contributed by atoms with van der Waals surface area (Å²) in [5, 5.41) is 6.67. The number of H-pyrrole nitrogens is 1. The molecule has 1 aromatic heterocycles. The van der Waals surface area contributed by atoms with Crippen molar-refractivity contribution in [1.82, 2.24) is 10.2 Å². The Balaban J connectivity index is 3.12. The zero-order valence-corrected chi connectivity index (χ0v) is 9.13. The van der Waals surface area contributed by atoms with Crippen LogP contribution in [0.25, 0.3) is 0 Å². The molecule has 0 aliphatic rings. The van der Waals surface area contributed by atoms with Crippen LogP contribution in [0.15, 0.2) is 10.9 Å². The van der Waals surface area contributed by atoms with Gasteiger partial charge in [-0.25, -0.2) is 5.10 Å². The largest absolute Gasteiger partial charge is 0.268 e. The van der Waals surface area contributed by atoms with Gasteiger partial charge in [-0.2, -0.15) is 5.10 Å². The van der Waals surface area contributed by atoms with E-state index in [1.165, 1.54) is 0 Å². The summed E-state index contributed by atoms with van der Waals surface area (Å²) in [6, 6.07) is 1.67. The molecule has 0 aliphatic carbocycles. The molecule has 1 heterocycles. The highest BCUT2D eigenvalue weighted by atomic mass is 16.1. The summed E-state index contributed by atoms with van der Waals surface area (Å²) in [5.74, 6) is 0.474. The van der Waals surface area contributed by atoms with Crippen LogP contribution in [-0.4, -0.2) is 10.2 Å². The fourth-order valence-corrected chi connectivity index (χ4v) is 1.76. The summed E-state index contributed by atoms with van der Waals surface area (Å²) in [4.78, 5) is 11.1. The fourth-order valence-electron chi connectivity index (χ4n) is 1.76. The van der Waals surface area contributed by atoms with Crippen LogP contribution < -0.4 is 5.56 Å². The van der Waals surface area contributed by atoms with E-state index in [0.29, 0.717) is 5.92 Å². The molecule has 0 saturated heterocycles. The predicted octanol–water partition coefficient (Wildman–Crippen LogP) is 2.24. The third kappa shape index (κ3) is 2.22. The normalized spacial score (nSPS) is 10.9. The lowest BCUT2D eigenvalue weighted by Crippen LogP contribution is -2.14. The molecule has 0 fully saturated rings. The molecule has 1 rings (SSSR count). The van der Waals surface area contributed by atoms with E-state index in [1.54, 1.807) is 6.07 Å². The van der Waals surface area contributed by atoms with Crippen LogP contribution in [0.5, 0.6) is 0 Å². The number of aryl methyl sites for hydroxylation is 1. The van der Waals surface area contributed by atoms with Crippen molar-refractivity contribution in [2.75, 3.05) is 0 Å². The molecule has 0 spiro atoms. The Morgan fingerprint density at radius 2 is 2.00 bits per heavy atom. The first-order valence-electron chi connectivity index (χ1n) is 5.31. The average molecular weight is 194 g/mol. The van der Waals surface area contributed by atoms with Gasteiger partial charge in [-0.05, 0) is 24.8 Å². The molecular weight excluding hydrogens is 176 g/mol. The quantitative estimate of drug-likeness (QED) is 0.799. The Hall–Kier alpha value is -1.12. The second-order valence-electron chi connectivity index (χ2n) is 3.51. The summed E-state index contributed by atoms with van der Waals surface area (Å²) in [6.07, 6.45) is 3.02. The predicted molar refractivity (Wildman–Crippen MR) is 57.6 cm³/mol. The van der Waals surface area contributed by atoms with Crippen LogP contribution in [0.4, 0.5) is 0 Å². The first kappa shape index (κ1) is 11.0. The van der Waals surface area contributed by atoms with Gasteiger partial charge in [0.2, 0.25) is 0 Å². The highest BCUT2D eigenvalue weighted by Gasteiger charge is 2.12. The van der Waals surface area contributed by atoms with Gasteiger partial charge in [0, 0.05) is 12.0 Å². The van der Waals surface area contributed by atoms with Gasteiger partial charge in [-0.15, -0.1) is 0 Å². The van der Waals surface area contributed by atoms with E-state index in [1.807, 2.05) is 0 Å². The number of aromatic amines is 1. The van der Waals surface area contributed by atoms with Crippen molar-refractivity contribution in [2.45, 2.75) is 46.0 Å². The van der Waals surface area contributed by atoms with E-state index in [0.717, 1.165) is 30.5 Å². The molecule has 0 atom stereocenters. The van der Waals surface area contributed by atoms with Gasteiger partial charge < -0.3 is 0 Å². The molecule has 0 aromatic carbocycles. The van der Waals surface area contributed by atoms with Crippen LogP contribution in [0.1, 0.15) is 50.8 Å². The molecule has 0 unspecified atom stereocenters. The Morgan fingerprint density at radius 3 is 2.50 bits per heavy atom. The minimum absolute atomic E-state index is 0.100. The SMILES string of the molecule is CCc1cc(=O)[nH]nc1C(CC)CC. The standard InChI is InChI=1S/C11H18N2O/c1-4-8(5-2)11-9(6-3)7-10(14)12-13-11/h7-8H,4-6H2,1-3H3,(H,12,14). The second-order valence-corrected chi connectivity index (χ2v) is 3.51. The number of nitrogens with zero attached hydrogens (tertiary/aromatic N) is 1. The molecule has 0 amide bonds. The van der Waals surface area contributed by atoms with Gasteiger partial charge in [0.15, 0.2) is 0 Å². The minimum atomic E-state index is -0.100. The van der Waals surface area contributed by atoms with Gasteiger partial charge in [0.05, 0.1) is 5.69 Å². The number of hydrogen-bond acceptors (Lipinski definition) is 2. The minimum Gasteiger partial charge on any atom is -0.268 e. The molecule has 0 aliphatic heterocycles. The summed E-state index contributed by atoms with van der Waals surface area (Å²) < 4.78 is 0. The maximum atomic E-state index is 11.1. The first-order chi connectivity index (χ1) is 6.72. The lowest BCUT2D eigenvalue weighted by atomic mass is 9.95. The molecule has 1 N–H and O–H groups in total. The highest BCUT2D eigenvalue weighted by molar-refractivity contribution is 5.20. The Labute approximate surface area is 84.6 Å². The van der Waals surface area contributed by atoms with Crippen LogP contribution in [0, 0.1) is 0 Å². The molecule has 3 nitrogen and oxygen atoms in total. The van der Waals surface area contributed by atoms with Crippen molar-refractivity contribution in [1.29, 1.82) is 0 Å². The molecular formula is C11H18N2O. The van der Waals surface area contributed by atoms with Crippen LogP contribution in [-0.2, 0) is 6.42 Å². The maximum absolute atomic E-state index is 11.1. The third-order valence-corrected chi connectivity index (χ3v) is 2.67. The third-order valence-electron chi connectivity index (χ3n) is 2.67. The van der Waals surface area contributed by atoms with Crippen LogP contribution in [0.3, 0.4) is 0 Å². The first-order valence-corrected chi connectivity index (χ1v) is 5.31. The van der Waals surface area contributed by atoms with Crippen molar-refractivity contribution in [2.24, 2.45) is 0 Å². The van der Waals surface area contributed by atoms with E-state index < -0.39 is 0 Å². The van der Waals surface area contributed by atoms with Crippen molar-refractivity contribution in [3.05, 3.63) is 27.7 Å². The van der Waals surface area contributed by atoms with Crippen molar-refractivity contribution in [3.8, 4) is 0 Å². The Bertz CT molecular complexity index is 339. The molecule has 1 aromatic rings. The topological polar surface area (TPSA) is 45.8 Å². The molecule has 0 radical (unpaired) electrons. The monoisotopic (exact) mass is 194 g/mol. The number of aromatic nitrogens is 2.